The van der Waals surface area contributed by atoms with E-state index in [9.17, 15) is 10.1 Å². The normalized spacial score (nSPS) is 10.2. The number of nitrogens with zero attached hydrogens (tertiary/aromatic N) is 1. The number of benzene rings is 2. The minimum atomic E-state index is -0.492. The van der Waals surface area contributed by atoms with Gasteiger partial charge in [0, 0.05) is 16.1 Å². The predicted molar refractivity (Wildman–Crippen MR) is 83.1 cm³/mol. The number of halogens is 1. The summed E-state index contributed by atoms with van der Waals surface area (Å²) in [6.45, 7) is 1.82. The number of hydrogen-bond acceptors (Lipinski definition) is 4. The van der Waals surface area contributed by atoms with Crippen LogP contribution in [-0.4, -0.2) is 10.8 Å². The van der Waals surface area contributed by atoms with Crippen molar-refractivity contribution in [1.29, 1.82) is 5.41 Å². The molecule has 0 amide bonds. The molecule has 0 bridgehead atoms. The second-order valence-electron chi connectivity index (χ2n) is 4.39. The molecule has 108 valence electrons. The Kier molecular flexibility index (Phi) is 4.23. The Bertz CT molecular complexity index is 731. The number of ether oxygens (including phenoxy) is 1. The molecule has 0 fully saturated rings. The molecule has 0 aliphatic carbocycles. The second kappa shape index (κ2) is 5.92. The minimum Gasteiger partial charge on any atom is -0.450 e. The lowest BCUT2D eigenvalue weighted by Gasteiger charge is -2.09. The average molecular weight is 350 g/mol. The van der Waals surface area contributed by atoms with Crippen LogP contribution in [0.3, 0.4) is 0 Å². The number of nitrogens with two attached hydrogens (primary N) is 1. The number of hydrogen-bond donors (Lipinski definition) is 2. The van der Waals surface area contributed by atoms with Gasteiger partial charge in [-0.2, -0.15) is 0 Å². The van der Waals surface area contributed by atoms with Crippen LogP contribution in [0, 0.1) is 22.4 Å². The Hall–Kier alpha value is -2.41. The summed E-state index contributed by atoms with van der Waals surface area (Å²) in [6.07, 6.45) is 0. The summed E-state index contributed by atoms with van der Waals surface area (Å²) in [5.74, 6) is 0.512. The van der Waals surface area contributed by atoms with E-state index in [1.807, 2.05) is 6.92 Å². The highest BCUT2D eigenvalue weighted by Gasteiger charge is 2.16. The van der Waals surface area contributed by atoms with Crippen molar-refractivity contribution >= 4 is 27.5 Å². The first-order valence-corrected chi connectivity index (χ1v) is 6.74. The fourth-order valence-corrected chi connectivity index (χ4v) is 2.33. The van der Waals surface area contributed by atoms with Crippen molar-refractivity contribution < 1.29 is 9.66 Å². The summed E-state index contributed by atoms with van der Waals surface area (Å²) < 4.78 is 6.17. The molecule has 0 unspecified atom stereocenters. The van der Waals surface area contributed by atoms with Crippen LogP contribution in [0.4, 0.5) is 5.69 Å². The van der Waals surface area contributed by atoms with E-state index in [2.05, 4.69) is 15.9 Å². The molecule has 0 aliphatic heterocycles. The van der Waals surface area contributed by atoms with Crippen molar-refractivity contribution in [2.75, 3.05) is 0 Å². The van der Waals surface area contributed by atoms with Gasteiger partial charge >= 0.3 is 5.69 Å². The van der Waals surface area contributed by atoms with Gasteiger partial charge in [-0.25, -0.2) is 0 Å². The monoisotopic (exact) mass is 349 g/mol. The van der Waals surface area contributed by atoms with Gasteiger partial charge in [-0.05, 0) is 52.7 Å². The number of aryl methyl sites for hydroxylation is 1. The molecule has 2 rings (SSSR count). The smallest absolute Gasteiger partial charge is 0.311 e. The van der Waals surface area contributed by atoms with Crippen molar-refractivity contribution in [3.05, 3.63) is 62.1 Å². The molecule has 0 atom stereocenters. The Balaban J connectivity index is 2.38. The minimum absolute atomic E-state index is 0.0741. The van der Waals surface area contributed by atoms with Crippen LogP contribution in [0.2, 0.25) is 0 Å². The topological polar surface area (TPSA) is 102 Å². The summed E-state index contributed by atoms with van der Waals surface area (Å²) in [5, 5.41) is 18.4. The van der Waals surface area contributed by atoms with Crippen LogP contribution in [0.15, 0.2) is 40.9 Å². The zero-order valence-corrected chi connectivity index (χ0v) is 12.7. The van der Waals surface area contributed by atoms with Crippen LogP contribution in [0.25, 0.3) is 0 Å². The lowest BCUT2D eigenvalue weighted by molar-refractivity contribution is -0.385. The van der Waals surface area contributed by atoms with E-state index >= 15 is 0 Å². The molecule has 0 radical (unpaired) electrons. The molecule has 0 saturated carbocycles. The number of nitrogens with one attached hydrogen (secondary N) is 1. The summed E-state index contributed by atoms with van der Waals surface area (Å²) in [4.78, 5) is 10.5. The molecular formula is C14H12BrN3O3. The quantitative estimate of drug-likeness (QED) is 0.379. The summed E-state index contributed by atoms with van der Waals surface area (Å²) >= 11 is 3.29. The van der Waals surface area contributed by atoms with Crippen molar-refractivity contribution in [3.8, 4) is 11.5 Å². The van der Waals surface area contributed by atoms with Crippen LogP contribution in [0.5, 0.6) is 11.5 Å². The predicted octanol–water partition coefficient (Wildman–Crippen LogP) is 3.74. The molecule has 0 saturated heterocycles. The molecule has 0 spiro atoms. The first kappa shape index (κ1) is 15.0. The third-order valence-corrected chi connectivity index (χ3v) is 3.43. The highest BCUT2D eigenvalue weighted by molar-refractivity contribution is 9.10. The first-order valence-electron chi connectivity index (χ1n) is 5.95. The molecular weight excluding hydrogens is 338 g/mol. The highest BCUT2D eigenvalue weighted by Crippen LogP contribution is 2.33. The fourth-order valence-electron chi connectivity index (χ4n) is 1.76. The zero-order chi connectivity index (χ0) is 15.6. The summed E-state index contributed by atoms with van der Waals surface area (Å²) in [5.41, 5.74) is 6.71. The molecule has 2 aromatic carbocycles. The maximum Gasteiger partial charge on any atom is 0.311 e. The molecule has 6 nitrogen and oxygen atoms in total. The van der Waals surface area contributed by atoms with Gasteiger partial charge in [-0.3, -0.25) is 15.5 Å². The molecule has 7 heteroatoms. The van der Waals surface area contributed by atoms with E-state index in [-0.39, 0.29) is 17.3 Å². The Morgan fingerprint density at radius 1 is 1.33 bits per heavy atom. The molecule has 0 aliphatic rings. The largest absolute Gasteiger partial charge is 0.450 e. The summed E-state index contributed by atoms with van der Waals surface area (Å²) in [6, 6.07) is 9.49. The van der Waals surface area contributed by atoms with Crippen LogP contribution in [0.1, 0.15) is 11.1 Å². The van der Waals surface area contributed by atoms with E-state index in [1.54, 1.807) is 30.3 Å². The van der Waals surface area contributed by atoms with E-state index in [0.29, 0.717) is 15.8 Å². The molecule has 2 aromatic rings. The molecule has 21 heavy (non-hydrogen) atoms. The molecule has 0 aromatic heterocycles. The molecule has 0 heterocycles. The van der Waals surface area contributed by atoms with Gasteiger partial charge in [-0.1, -0.05) is 6.07 Å². The zero-order valence-electron chi connectivity index (χ0n) is 11.1. The lowest BCUT2D eigenvalue weighted by atomic mass is 10.2. The second-order valence-corrected chi connectivity index (χ2v) is 5.24. The van der Waals surface area contributed by atoms with Crippen LogP contribution >= 0.6 is 15.9 Å². The number of rotatable bonds is 4. The lowest BCUT2D eigenvalue weighted by Crippen LogP contribution is -2.11. The fraction of sp³-hybridized carbons (Fsp3) is 0.0714. The number of nitro groups is 1. The standard InChI is InChI=1S/C14H12BrN3O3/c1-8-2-5-12(18(19)20)13(6-8)21-9-3-4-10(14(16)17)11(15)7-9/h2-7H,1H3,(H3,16,17). The molecule has 3 N–H and O–H groups in total. The highest BCUT2D eigenvalue weighted by atomic mass is 79.9. The van der Waals surface area contributed by atoms with E-state index in [0.717, 1.165) is 5.56 Å². The number of amidine groups is 1. The Morgan fingerprint density at radius 2 is 2.05 bits per heavy atom. The maximum absolute atomic E-state index is 11.0. The third-order valence-electron chi connectivity index (χ3n) is 2.77. The van der Waals surface area contributed by atoms with Gasteiger partial charge in [-0.15, -0.1) is 0 Å². The average Bonchev–Trinajstić information content (AvgIpc) is 2.37. The van der Waals surface area contributed by atoms with Crippen molar-refractivity contribution in [1.82, 2.24) is 0 Å². The van der Waals surface area contributed by atoms with Gasteiger partial charge in [0.05, 0.1) is 4.92 Å². The maximum atomic E-state index is 11.0. The van der Waals surface area contributed by atoms with Crippen molar-refractivity contribution in [3.63, 3.8) is 0 Å². The van der Waals surface area contributed by atoms with E-state index in [1.165, 1.54) is 6.07 Å². The first-order chi connectivity index (χ1) is 9.88. The van der Waals surface area contributed by atoms with Gasteiger partial charge in [0.1, 0.15) is 11.6 Å². The van der Waals surface area contributed by atoms with Gasteiger partial charge in [0.25, 0.3) is 0 Å². The van der Waals surface area contributed by atoms with Gasteiger partial charge in [0.15, 0.2) is 0 Å². The van der Waals surface area contributed by atoms with E-state index < -0.39 is 4.92 Å². The number of nitro benzene ring substituents is 1. The van der Waals surface area contributed by atoms with Gasteiger partial charge in [0.2, 0.25) is 5.75 Å². The SMILES string of the molecule is Cc1ccc([N+](=O)[O-])c(Oc2ccc(C(=N)N)c(Br)c2)c1. The summed E-state index contributed by atoms with van der Waals surface area (Å²) in [7, 11) is 0. The number of nitrogen functional groups attached to an aromatic ring is 1. The Morgan fingerprint density at radius 3 is 2.62 bits per heavy atom. The van der Waals surface area contributed by atoms with E-state index in [4.69, 9.17) is 15.9 Å². The van der Waals surface area contributed by atoms with Crippen LogP contribution in [-0.2, 0) is 0 Å². The van der Waals surface area contributed by atoms with Gasteiger partial charge < -0.3 is 10.5 Å². The van der Waals surface area contributed by atoms with Crippen LogP contribution < -0.4 is 10.5 Å². The van der Waals surface area contributed by atoms with Crippen molar-refractivity contribution in [2.45, 2.75) is 6.92 Å². The third kappa shape index (κ3) is 3.38. The Labute approximate surface area is 129 Å². The van der Waals surface area contributed by atoms with Crippen molar-refractivity contribution in [2.24, 2.45) is 5.73 Å².